The van der Waals surface area contributed by atoms with Gasteiger partial charge in [-0.1, -0.05) is 41.4 Å². The zero-order chi connectivity index (χ0) is 26.0. The highest BCUT2D eigenvalue weighted by Gasteiger charge is 2.22. The van der Waals surface area contributed by atoms with Crippen LogP contribution < -0.4 is 10.0 Å². The van der Waals surface area contributed by atoms with Crippen molar-refractivity contribution in [2.45, 2.75) is 18.0 Å². The van der Waals surface area contributed by atoms with Crippen molar-refractivity contribution in [2.75, 3.05) is 0 Å². The molecule has 3 N–H and O–H groups in total. The number of aromatic hydroxyl groups is 1. The third-order valence-corrected chi connectivity index (χ3v) is 7.13. The number of halogens is 4. The van der Waals surface area contributed by atoms with E-state index in [1.54, 1.807) is 24.3 Å². The van der Waals surface area contributed by atoms with Gasteiger partial charge in [0.2, 0.25) is 10.0 Å². The lowest BCUT2D eigenvalue weighted by molar-refractivity contribution is 0.0948. The second-order valence-electron chi connectivity index (χ2n) is 7.69. The van der Waals surface area contributed by atoms with Crippen molar-refractivity contribution >= 4 is 50.0 Å². The first-order valence-corrected chi connectivity index (χ1v) is 12.6. The number of nitrogens with one attached hydrogen (secondary N) is 2. The van der Waals surface area contributed by atoms with Crippen LogP contribution >= 0.6 is 23.2 Å². The van der Waals surface area contributed by atoms with Crippen LogP contribution in [-0.2, 0) is 23.1 Å². The van der Waals surface area contributed by atoms with Gasteiger partial charge in [-0.25, -0.2) is 21.9 Å². The van der Waals surface area contributed by atoms with Crippen LogP contribution in [0.3, 0.4) is 0 Å². The Kier molecular flexibility index (Phi) is 7.41. The van der Waals surface area contributed by atoms with E-state index in [2.05, 4.69) is 15.0 Å². The summed E-state index contributed by atoms with van der Waals surface area (Å²) in [6.45, 7) is -0.316. The Balaban J connectivity index is 1.60. The molecule has 0 bridgehead atoms. The van der Waals surface area contributed by atoms with Gasteiger partial charge in [-0.15, -0.1) is 0 Å². The molecule has 0 radical (unpaired) electrons. The minimum atomic E-state index is -4.34. The van der Waals surface area contributed by atoms with E-state index >= 15 is 0 Å². The lowest BCUT2D eigenvalue weighted by atomic mass is 10.1. The van der Waals surface area contributed by atoms with Crippen LogP contribution in [-0.4, -0.2) is 24.4 Å². The van der Waals surface area contributed by atoms with E-state index in [1.165, 1.54) is 12.1 Å². The smallest absolute Gasteiger partial charge is 0.256 e. The summed E-state index contributed by atoms with van der Waals surface area (Å²) in [4.78, 5) is 16.0. The number of fused-ring (bicyclic) bond motifs is 1. The van der Waals surface area contributed by atoms with Crippen molar-refractivity contribution < 1.29 is 27.1 Å². The van der Waals surface area contributed by atoms with Gasteiger partial charge in [-0.3, -0.25) is 9.78 Å². The van der Waals surface area contributed by atoms with E-state index in [1.807, 2.05) is 0 Å². The molecule has 0 aliphatic rings. The normalized spacial score (nSPS) is 11.6. The SMILES string of the molecule is O=C(NCc1ccc(Cl)cc1)c1cnc2c(F)cc(S(=O)(=O)NCc3ccc(Cl)cc3F)cc2c1O. The van der Waals surface area contributed by atoms with E-state index in [0.717, 1.165) is 30.0 Å². The third kappa shape index (κ3) is 5.57. The predicted molar refractivity (Wildman–Crippen MR) is 131 cm³/mol. The van der Waals surface area contributed by atoms with Crippen molar-refractivity contribution in [3.63, 3.8) is 0 Å². The van der Waals surface area contributed by atoms with Crippen molar-refractivity contribution in [3.8, 4) is 5.75 Å². The average Bonchev–Trinajstić information content (AvgIpc) is 2.83. The molecule has 186 valence electrons. The Morgan fingerprint density at radius 2 is 1.64 bits per heavy atom. The Labute approximate surface area is 214 Å². The van der Waals surface area contributed by atoms with Gasteiger partial charge in [0.1, 0.15) is 22.6 Å². The molecule has 0 fully saturated rings. The summed E-state index contributed by atoms with van der Waals surface area (Å²) < 4.78 is 56.4. The van der Waals surface area contributed by atoms with Gasteiger partial charge < -0.3 is 10.4 Å². The molecule has 0 aliphatic carbocycles. The number of benzene rings is 3. The maximum absolute atomic E-state index is 14.7. The van der Waals surface area contributed by atoms with Crippen LogP contribution in [0.5, 0.6) is 5.75 Å². The number of pyridine rings is 1. The summed E-state index contributed by atoms with van der Waals surface area (Å²) in [6.07, 6.45) is 0.994. The van der Waals surface area contributed by atoms with Gasteiger partial charge in [0, 0.05) is 40.3 Å². The molecule has 0 unspecified atom stereocenters. The molecule has 0 spiro atoms. The highest BCUT2D eigenvalue weighted by molar-refractivity contribution is 7.89. The predicted octanol–water partition coefficient (Wildman–Crippen LogP) is 4.93. The van der Waals surface area contributed by atoms with Crippen LogP contribution in [0.2, 0.25) is 10.0 Å². The number of carbonyl (C=O) groups excluding carboxylic acids is 1. The number of rotatable bonds is 7. The molecule has 4 rings (SSSR count). The molecule has 36 heavy (non-hydrogen) atoms. The number of sulfonamides is 1. The molecular formula is C24H17Cl2F2N3O4S. The van der Waals surface area contributed by atoms with Gasteiger partial charge in [-0.05, 0) is 42.0 Å². The highest BCUT2D eigenvalue weighted by atomic mass is 35.5. The molecule has 7 nitrogen and oxygen atoms in total. The minimum absolute atomic E-state index is 0.0217. The molecular weight excluding hydrogens is 535 g/mol. The average molecular weight is 552 g/mol. The Morgan fingerprint density at radius 1 is 0.944 bits per heavy atom. The first-order valence-electron chi connectivity index (χ1n) is 10.3. The molecule has 0 saturated carbocycles. The summed E-state index contributed by atoms with van der Waals surface area (Å²) in [7, 11) is -4.34. The quantitative estimate of drug-likeness (QED) is 0.301. The van der Waals surface area contributed by atoms with Crippen molar-refractivity contribution in [1.29, 1.82) is 0 Å². The Bertz CT molecular complexity index is 1580. The van der Waals surface area contributed by atoms with E-state index in [9.17, 15) is 27.1 Å². The second-order valence-corrected chi connectivity index (χ2v) is 10.3. The fraction of sp³-hybridized carbons (Fsp3) is 0.0833. The van der Waals surface area contributed by atoms with Gasteiger partial charge in [0.15, 0.2) is 5.82 Å². The Hall–Kier alpha value is -3.31. The zero-order valence-corrected chi connectivity index (χ0v) is 20.6. The van der Waals surface area contributed by atoms with Crippen LogP contribution in [0.15, 0.2) is 65.7 Å². The largest absolute Gasteiger partial charge is 0.506 e. The van der Waals surface area contributed by atoms with Gasteiger partial charge in [-0.2, -0.15) is 0 Å². The molecule has 0 atom stereocenters. The molecule has 12 heteroatoms. The fourth-order valence-corrected chi connectivity index (χ4v) is 4.67. The van der Waals surface area contributed by atoms with Crippen LogP contribution in [0.25, 0.3) is 10.9 Å². The number of amides is 1. The maximum atomic E-state index is 14.7. The van der Waals surface area contributed by atoms with E-state index < -0.39 is 44.8 Å². The first kappa shape index (κ1) is 25.8. The number of hydrogen-bond acceptors (Lipinski definition) is 5. The minimum Gasteiger partial charge on any atom is -0.506 e. The first-order chi connectivity index (χ1) is 17.0. The molecule has 4 aromatic rings. The lowest BCUT2D eigenvalue weighted by Crippen LogP contribution is -2.24. The van der Waals surface area contributed by atoms with Gasteiger partial charge in [0.25, 0.3) is 5.91 Å². The van der Waals surface area contributed by atoms with Crippen LogP contribution in [0, 0.1) is 11.6 Å². The van der Waals surface area contributed by atoms with Gasteiger partial charge in [0.05, 0.1) is 4.90 Å². The Morgan fingerprint density at radius 3 is 2.33 bits per heavy atom. The number of carbonyl (C=O) groups is 1. The molecule has 0 aliphatic heterocycles. The number of nitrogens with zero attached hydrogens (tertiary/aromatic N) is 1. The topological polar surface area (TPSA) is 108 Å². The van der Waals surface area contributed by atoms with E-state index in [0.29, 0.717) is 5.02 Å². The highest BCUT2D eigenvalue weighted by Crippen LogP contribution is 2.31. The fourth-order valence-electron chi connectivity index (χ4n) is 3.34. The lowest BCUT2D eigenvalue weighted by Gasteiger charge is -2.12. The summed E-state index contributed by atoms with van der Waals surface area (Å²) in [6, 6.07) is 12.2. The van der Waals surface area contributed by atoms with E-state index in [-0.39, 0.29) is 33.6 Å². The summed E-state index contributed by atoms with van der Waals surface area (Å²) in [5.41, 5.74) is 0.156. The summed E-state index contributed by atoms with van der Waals surface area (Å²) in [5, 5.41) is 13.7. The third-order valence-electron chi connectivity index (χ3n) is 5.26. The molecule has 3 aromatic carbocycles. The molecule has 1 aromatic heterocycles. The van der Waals surface area contributed by atoms with Gasteiger partial charge >= 0.3 is 0 Å². The van der Waals surface area contributed by atoms with Crippen molar-refractivity contribution in [3.05, 3.63) is 99.2 Å². The van der Waals surface area contributed by atoms with Crippen LogP contribution in [0.1, 0.15) is 21.5 Å². The van der Waals surface area contributed by atoms with Crippen LogP contribution in [0.4, 0.5) is 8.78 Å². The van der Waals surface area contributed by atoms with Crippen molar-refractivity contribution in [1.82, 2.24) is 15.0 Å². The molecule has 1 heterocycles. The summed E-state index contributed by atoms with van der Waals surface area (Å²) in [5.74, 6) is -3.10. The van der Waals surface area contributed by atoms with Crippen molar-refractivity contribution in [2.24, 2.45) is 0 Å². The second kappa shape index (κ2) is 10.4. The maximum Gasteiger partial charge on any atom is 0.256 e. The zero-order valence-electron chi connectivity index (χ0n) is 18.2. The number of hydrogen-bond donors (Lipinski definition) is 3. The molecule has 0 saturated heterocycles. The standard InChI is InChI=1S/C24H17Cl2F2N3O4S/c25-15-4-1-13(2-5-15)10-30-24(33)19-12-29-22-18(23(19)32)8-17(9-21(22)28)36(34,35)31-11-14-3-6-16(26)7-20(14)27/h1-9,12,31H,10-11H2,(H,29,32)(H,30,33). The van der Waals surface area contributed by atoms with E-state index in [4.69, 9.17) is 23.2 Å². The summed E-state index contributed by atoms with van der Waals surface area (Å²) >= 11 is 11.5. The monoisotopic (exact) mass is 551 g/mol. The number of aromatic nitrogens is 1. The molecule has 1 amide bonds.